The van der Waals surface area contributed by atoms with Crippen LogP contribution in [0.3, 0.4) is 0 Å². The SMILES string of the molecule is C#Cc1cc(CN)cc(B(O)O)c1. The van der Waals surface area contributed by atoms with Gasteiger partial charge in [-0.1, -0.05) is 12.0 Å². The van der Waals surface area contributed by atoms with Crippen molar-refractivity contribution in [1.29, 1.82) is 0 Å². The smallest absolute Gasteiger partial charge is 0.423 e. The van der Waals surface area contributed by atoms with E-state index in [0.717, 1.165) is 5.56 Å². The molecule has 66 valence electrons. The largest absolute Gasteiger partial charge is 0.488 e. The van der Waals surface area contributed by atoms with Crippen LogP contribution in [0.25, 0.3) is 0 Å². The molecule has 1 aromatic carbocycles. The molecular weight excluding hydrogens is 165 g/mol. The third-order valence-electron chi connectivity index (χ3n) is 1.72. The van der Waals surface area contributed by atoms with Crippen LogP contribution < -0.4 is 11.2 Å². The lowest BCUT2D eigenvalue weighted by atomic mass is 9.78. The Hall–Kier alpha value is -1.28. The Morgan fingerprint density at radius 3 is 2.54 bits per heavy atom. The van der Waals surface area contributed by atoms with Gasteiger partial charge in [0.15, 0.2) is 0 Å². The average molecular weight is 175 g/mol. The number of rotatable bonds is 2. The third kappa shape index (κ3) is 2.33. The van der Waals surface area contributed by atoms with Crippen molar-refractivity contribution in [2.24, 2.45) is 5.73 Å². The Bertz CT molecular complexity index is 344. The standard InChI is InChI=1S/C9H10BNO2/c1-2-7-3-8(6-11)5-9(4-7)10(12)13/h1,3-5,12-13H,6,11H2. The zero-order chi connectivity index (χ0) is 9.84. The maximum atomic E-state index is 8.91. The van der Waals surface area contributed by atoms with Gasteiger partial charge >= 0.3 is 7.12 Å². The van der Waals surface area contributed by atoms with E-state index in [1.165, 1.54) is 0 Å². The third-order valence-corrected chi connectivity index (χ3v) is 1.72. The van der Waals surface area contributed by atoms with Crippen LogP contribution in [-0.2, 0) is 6.54 Å². The number of hydrogen-bond donors (Lipinski definition) is 3. The molecule has 0 amide bonds. The Labute approximate surface area is 77.3 Å². The molecule has 0 aliphatic rings. The maximum Gasteiger partial charge on any atom is 0.488 e. The molecule has 0 saturated carbocycles. The van der Waals surface area contributed by atoms with Crippen LogP contribution in [0.5, 0.6) is 0 Å². The van der Waals surface area contributed by atoms with Crippen LogP contribution in [0, 0.1) is 12.3 Å². The molecule has 0 unspecified atom stereocenters. The summed E-state index contributed by atoms with van der Waals surface area (Å²) in [7, 11) is -1.50. The molecule has 13 heavy (non-hydrogen) atoms. The van der Waals surface area contributed by atoms with Crippen molar-refractivity contribution < 1.29 is 10.0 Å². The molecule has 0 radical (unpaired) electrons. The van der Waals surface area contributed by atoms with Crippen LogP contribution in [0.15, 0.2) is 18.2 Å². The molecule has 1 aromatic rings. The van der Waals surface area contributed by atoms with E-state index in [1.807, 2.05) is 0 Å². The van der Waals surface area contributed by atoms with Gasteiger partial charge in [0.25, 0.3) is 0 Å². The summed E-state index contributed by atoms with van der Waals surface area (Å²) in [6.07, 6.45) is 5.19. The van der Waals surface area contributed by atoms with Crippen LogP contribution in [0.1, 0.15) is 11.1 Å². The van der Waals surface area contributed by atoms with Crippen molar-refractivity contribution in [3.8, 4) is 12.3 Å². The molecule has 0 bridgehead atoms. The molecule has 0 saturated heterocycles. The highest BCUT2D eigenvalue weighted by Gasteiger charge is 2.11. The van der Waals surface area contributed by atoms with E-state index in [1.54, 1.807) is 18.2 Å². The van der Waals surface area contributed by atoms with E-state index in [-0.39, 0.29) is 0 Å². The van der Waals surface area contributed by atoms with E-state index in [4.69, 9.17) is 22.2 Å². The fourth-order valence-electron chi connectivity index (χ4n) is 1.07. The second-order valence-corrected chi connectivity index (χ2v) is 2.69. The van der Waals surface area contributed by atoms with E-state index >= 15 is 0 Å². The summed E-state index contributed by atoms with van der Waals surface area (Å²) >= 11 is 0. The van der Waals surface area contributed by atoms with E-state index in [0.29, 0.717) is 17.6 Å². The molecule has 0 aliphatic heterocycles. The van der Waals surface area contributed by atoms with Crippen LogP contribution in [-0.4, -0.2) is 17.2 Å². The van der Waals surface area contributed by atoms with Crippen LogP contribution in [0.2, 0.25) is 0 Å². The van der Waals surface area contributed by atoms with Crippen LogP contribution in [0.4, 0.5) is 0 Å². The molecule has 1 rings (SSSR count). The fraction of sp³-hybridized carbons (Fsp3) is 0.111. The molecule has 0 fully saturated rings. The highest BCUT2D eigenvalue weighted by molar-refractivity contribution is 6.58. The Balaban J connectivity index is 3.17. The molecule has 0 aromatic heterocycles. The van der Waals surface area contributed by atoms with Gasteiger partial charge in [-0.15, -0.1) is 6.42 Å². The van der Waals surface area contributed by atoms with Gasteiger partial charge in [-0.3, -0.25) is 0 Å². The van der Waals surface area contributed by atoms with Crippen molar-refractivity contribution in [2.45, 2.75) is 6.54 Å². The molecule has 3 nitrogen and oxygen atoms in total. The fourth-order valence-corrected chi connectivity index (χ4v) is 1.07. The molecule has 0 spiro atoms. The quantitative estimate of drug-likeness (QED) is 0.391. The normalized spacial score (nSPS) is 9.38. The van der Waals surface area contributed by atoms with Crippen molar-refractivity contribution in [2.75, 3.05) is 0 Å². The first-order chi connectivity index (χ1) is 6.17. The van der Waals surface area contributed by atoms with E-state index < -0.39 is 7.12 Å². The maximum absolute atomic E-state index is 8.91. The second-order valence-electron chi connectivity index (χ2n) is 2.69. The lowest BCUT2D eigenvalue weighted by Crippen LogP contribution is -2.30. The van der Waals surface area contributed by atoms with E-state index in [9.17, 15) is 0 Å². The number of terminal acetylenes is 1. The van der Waals surface area contributed by atoms with E-state index in [2.05, 4.69) is 5.92 Å². The van der Waals surface area contributed by atoms with Crippen molar-refractivity contribution in [3.63, 3.8) is 0 Å². The lowest BCUT2D eigenvalue weighted by Gasteiger charge is -2.03. The van der Waals surface area contributed by atoms with Crippen LogP contribution >= 0.6 is 0 Å². The summed E-state index contributed by atoms with van der Waals surface area (Å²) < 4.78 is 0. The predicted molar refractivity (Wildman–Crippen MR) is 52.1 cm³/mol. The first-order valence-corrected chi connectivity index (χ1v) is 3.84. The van der Waals surface area contributed by atoms with Gasteiger partial charge in [0.1, 0.15) is 0 Å². The zero-order valence-corrected chi connectivity index (χ0v) is 7.07. The first-order valence-electron chi connectivity index (χ1n) is 3.84. The summed E-state index contributed by atoms with van der Waals surface area (Å²) in [6, 6.07) is 4.90. The van der Waals surface area contributed by atoms with Gasteiger partial charge in [-0.2, -0.15) is 0 Å². The predicted octanol–water partition coefficient (Wildman–Crippen LogP) is -1.19. The van der Waals surface area contributed by atoms with Crippen molar-refractivity contribution in [1.82, 2.24) is 0 Å². The van der Waals surface area contributed by atoms with Crippen molar-refractivity contribution >= 4 is 12.6 Å². The summed E-state index contributed by atoms with van der Waals surface area (Å²) in [5.41, 5.74) is 7.17. The molecule has 4 N–H and O–H groups in total. The van der Waals surface area contributed by atoms with Gasteiger partial charge in [0.2, 0.25) is 0 Å². The Morgan fingerprint density at radius 2 is 2.08 bits per heavy atom. The Morgan fingerprint density at radius 1 is 1.38 bits per heavy atom. The molecule has 0 atom stereocenters. The molecule has 4 heteroatoms. The number of benzene rings is 1. The Kier molecular flexibility index (Phi) is 3.10. The molecule has 0 aliphatic carbocycles. The lowest BCUT2D eigenvalue weighted by molar-refractivity contribution is 0.425. The van der Waals surface area contributed by atoms with Gasteiger partial charge in [-0.05, 0) is 23.2 Å². The summed E-state index contributed by atoms with van der Waals surface area (Å²) in [6.45, 7) is 0.329. The zero-order valence-electron chi connectivity index (χ0n) is 7.07. The van der Waals surface area contributed by atoms with Gasteiger partial charge < -0.3 is 15.8 Å². The molecular formula is C9H10BNO2. The topological polar surface area (TPSA) is 66.5 Å². The van der Waals surface area contributed by atoms with Gasteiger partial charge in [0, 0.05) is 12.1 Å². The highest BCUT2D eigenvalue weighted by atomic mass is 16.4. The highest BCUT2D eigenvalue weighted by Crippen LogP contribution is 2.01. The minimum Gasteiger partial charge on any atom is -0.423 e. The monoisotopic (exact) mass is 175 g/mol. The first kappa shape index (κ1) is 9.81. The number of hydrogen-bond acceptors (Lipinski definition) is 3. The summed E-state index contributed by atoms with van der Waals surface area (Å²) in [4.78, 5) is 0. The van der Waals surface area contributed by atoms with Gasteiger partial charge in [-0.25, -0.2) is 0 Å². The number of nitrogens with two attached hydrogens (primary N) is 1. The second kappa shape index (κ2) is 4.10. The summed E-state index contributed by atoms with van der Waals surface area (Å²) in [5, 5.41) is 17.8. The minimum atomic E-state index is -1.50. The average Bonchev–Trinajstić information content (AvgIpc) is 2.16. The van der Waals surface area contributed by atoms with Gasteiger partial charge in [0.05, 0.1) is 0 Å². The summed E-state index contributed by atoms with van der Waals surface area (Å²) in [5.74, 6) is 2.42. The van der Waals surface area contributed by atoms with Crippen molar-refractivity contribution in [3.05, 3.63) is 29.3 Å². The molecule has 0 heterocycles. The minimum absolute atomic E-state index is 0.329.